The summed E-state index contributed by atoms with van der Waals surface area (Å²) in [6.45, 7) is -0.154. The van der Waals surface area contributed by atoms with Crippen molar-refractivity contribution < 1.29 is 18.1 Å². The summed E-state index contributed by atoms with van der Waals surface area (Å²) >= 11 is 5.69. The second-order valence-corrected chi connectivity index (χ2v) is 6.80. The Morgan fingerprint density at radius 1 is 1.52 bits per heavy atom. The van der Waals surface area contributed by atoms with Crippen LogP contribution in [0.25, 0.3) is 0 Å². The number of amides is 1. The van der Waals surface area contributed by atoms with Crippen molar-refractivity contribution in [3.8, 4) is 0 Å². The molecule has 9 nitrogen and oxygen atoms in total. The lowest BCUT2D eigenvalue weighted by molar-refractivity contribution is -0.385. The van der Waals surface area contributed by atoms with Crippen LogP contribution in [0.4, 0.5) is 5.69 Å². The highest BCUT2D eigenvalue weighted by atomic mass is 35.5. The zero-order chi connectivity index (χ0) is 16.2. The van der Waals surface area contributed by atoms with Gasteiger partial charge in [-0.3, -0.25) is 14.9 Å². The molecule has 21 heavy (non-hydrogen) atoms. The minimum atomic E-state index is -3.45. The number of rotatable bonds is 6. The number of halogens is 1. The number of carbonyl (C=O) groups is 1. The number of nitrogens with one attached hydrogen (secondary N) is 1. The number of nitrogens with zero attached hydrogens (tertiary/aromatic N) is 3. The predicted octanol–water partition coefficient (Wildman–Crippen LogP) is 0.264. The van der Waals surface area contributed by atoms with E-state index in [0.29, 0.717) is 0 Å². The van der Waals surface area contributed by atoms with Crippen molar-refractivity contribution in [2.45, 2.75) is 0 Å². The molecule has 0 atom stereocenters. The van der Waals surface area contributed by atoms with E-state index in [9.17, 15) is 23.3 Å². The van der Waals surface area contributed by atoms with E-state index in [4.69, 9.17) is 11.6 Å². The highest BCUT2D eigenvalue weighted by molar-refractivity contribution is 7.89. The molecule has 0 aliphatic heterocycles. The fraction of sp³-hybridized carbons (Fsp3) is 0.400. The van der Waals surface area contributed by atoms with Crippen LogP contribution >= 0.6 is 11.6 Å². The lowest BCUT2D eigenvalue weighted by Gasteiger charge is -2.11. The molecule has 0 bridgehead atoms. The van der Waals surface area contributed by atoms with Gasteiger partial charge in [0, 0.05) is 26.7 Å². The fourth-order valence-corrected chi connectivity index (χ4v) is 2.18. The Morgan fingerprint density at radius 3 is 2.67 bits per heavy atom. The SMILES string of the molecule is CN(C)S(=O)(=O)CCNC(=O)c1cc([N+](=O)[O-])cnc1Cl. The maximum atomic E-state index is 11.8. The van der Waals surface area contributed by atoms with Crippen molar-refractivity contribution in [3.05, 3.63) is 33.1 Å². The van der Waals surface area contributed by atoms with Crippen molar-refractivity contribution in [2.75, 3.05) is 26.4 Å². The van der Waals surface area contributed by atoms with Gasteiger partial charge in [-0.2, -0.15) is 0 Å². The summed E-state index contributed by atoms with van der Waals surface area (Å²) in [6, 6.07) is 0.977. The second kappa shape index (κ2) is 6.78. The number of carbonyl (C=O) groups excluding carboxylic acids is 1. The van der Waals surface area contributed by atoms with Crippen molar-refractivity contribution >= 4 is 33.2 Å². The average Bonchev–Trinajstić information content (AvgIpc) is 2.38. The minimum absolute atomic E-state index is 0.154. The molecule has 11 heteroatoms. The second-order valence-electron chi connectivity index (χ2n) is 4.14. The van der Waals surface area contributed by atoms with E-state index in [1.807, 2.05) is 0 Å². The van der Waals surface area contributed by atoms with Crippen LogP contribution in [0.5, 0.6) is 0 Å². The summed E-state index contributed by atoms with van der Waals surface area (Å²) in [5, 5.41) is 12.7. The third kappa shape index (κ3) is 4.62. The smallest absolute Gasteiger partial charge is 0.288 e. The average molecular weight is 337 g/mol. The van der Waals surface area contributed by atoms with Gasteiger partial charge in [-0.1, -0.05) is 11.6 Å². The van der Waals surface area contributed by atoms with Crippen molar-refractivity contribution in [3.63, 3.8) is 0 Å². The Bertz CT molecular complexity index is 661. The number of pyridine rings is 1. The number of hydrogen-bond acceptors (Lipinski definition) is 6. The van der Waals surface area contributed by atoms with Gasteiger partial charge < -0.3 is 5.32 Å². The van der Waals surface area contributed by atoms with Crippen LogP contribution in [0, 0.1) is 10.1 Å². The summed E-state index contributed by atoms with van der Waals surface area (Å²) in [7, 11) is -0.699. The monoisotopic (exact) mass is 336 g/mol. The molecule has 1 aromatic rings. The van der Waals surface area contributed by atoms with E-state index in [0.717, 1.165) is 16.6 Å². The van der Waals surface area contributed by atoms with Crippen LogP contribution in [-0.4, -0.2) is 54.9 Å². The quantitative estimate of drug-likeness (QED) is 0.451. The van der Waals surface area contributed by atoms with Gasteiger partial charge in [0.05, 0.1) is 16.2 Å². The molecule has 1 rings (SSSR count). The molecule has 0 aliphatic rings. The molecule has 0 aliphatic carbocycles. The summed E-state index contributed by atoms with van der Waals surface area (Å²) < 4.78 is 24.0. The topological polar surface area (TPSA) is 123 Å². The van der Waals surface area contributed by atoms with Crippen LogP contribution in [0.15, 0.2) is 12.3 Å². The van der Waals surface area contributed by atoms with E-state index in [2.05, 4.69) is 10.3 Å². The third-order valence-electron chi connectivity index (χ3n) is 2.48. The highest BCUT2D eigenvalue weighted by Gasteiger charge is 2.18. The molecule has 1 N–H and O–H groups in total. The van der Waals surface area contributed by atoms with Crippen LogP contribution < -0.4 is 5.32 Å². The largest absolute Gasteiger partial charge is 0.351 e. The molecular weight excluding hydrogens is 324 g/mol. The van der Waals surface area contributed by atoms with E-state index >= 15 is 0 Å². The molecule has 0 unspecified atom stereocenters. The van der Waals surface area contributed by atoms with Crippen LogP contribution in [0.1, 0.15) is 10.4 Å². The van der Waals surface area contributed by atoms with Crippen molar-refractivity contribution in [1.29, 1.82) is 0 Å². The first-order valence-electron chi connectivity index (χ1n) is 5.63. The van der Waals surface area contributed by atoms with Crippen LogP contribution in [0.3, 0.4) is 0 Å². The van der Waals surface area contributed by atoms with Gasteiger partial charge in [0.2, 0.25) is 10.0 Å². The van der Waals surface area contributed by atoms with E-state index in [1.54, 1.807) is 0 Å². The first-order valence-corrected chi connectivity index (χ1v) is 7.62. The summed E-state index contributed by atoms with van der Waals surface area (Å²) in [5.74, 6) is -1.03. The lowest BCUT2D eigenvalue weighted by atomic mass is 10.2. The molecule has 0 saturated heterocycles. The Balaban J connectivity index is 2.77. The van der Waals surface area contributed by atoms with Crippen LogP contribution in [-0.2, 0) is 10.0 Å². The standard InChI is InChI=1S/C10H13ClN4O5S/c1-14(2)21(19,20)4-3-12-10(16)8-5-7(15(17)18)6-13-9(8)11/h5-6H,3-4H2,1-2H3,(H,12,16). The molecule has 0 saturated carbocycles. The maximum Gasteiger partial charge on any atom is 0.288 e. The summed E-state index contributed by atoms with van der Waals surface area (Å²) in [6.07, 6.45) is 0.926. The maximum absolute atomic E-state index is 11.8. The Labute approximate surface area is 126 Å². The van der Waals surface area contributed by atoms with Crippen molar-refractivity contribution in [2.24, 2.45) is 0 Å². The van der Waals surface area contributed by atoms with Gasteiger partial charge in [-0.15, -0.1) is 0 Å². The summed E-state index contributed by atoms with van der Waals surface area (Å²) in [4.78, 5) is 25.3. The molecule has 116 valence electrons. The molecule has 0 spiro atoms. The molecule has 1 aromatic heterocycles. The molecule has 0 fully saturated rings. The number of hydrogen-bond donors (Lipinski definition) is 1. The van der Waals surface area contributed by atoms with Gasteiger partial charge >= 0.3 is 0 Å². The van der Waals surface area contributed by atoms with E-state index in [-0.39, 0.29) is 28.7 Å². The predicted molar refractivity (Wildman–Crippen MR) is 75.7 cm³/mol. The van der Waals surface area contributed by atoms with E-state index < -0.39 is 20.9 Å². The third-order valence-corrected chi connectivity index (χ3v) is 4.62. The summed E-state index contributed by atoms with van der Waals surface area (Å²) in [5.41, 5.74) is -0.571. The molecule has 1 amide bonds. The fourth-order valence-electron chi connectivity index (χ4n) is 1.27. The molecule has 0 aromatic carbocycles. The Morgan fingerprint density at radius 2 is 2.14 bits per heavy atom. The van der Waals surface area contributed by atoms with Gasteiger partial charge in [0.25, 0.3) is 11.6 Å². The molecular formula is C10H13ClN4O5S. The normalized spacial score (nSPS) is 11.4. The highest BCUT2D eigenvalue weighted by Crippen LogP contribution is 2.18. The lowest BCUT2D eigenvalue weighted by Crippen LogP contribution is -2.34. The van der Waals surface area contributed by atoms with Gasteiger partial charge in [0.15, 0.2) is 0 Å². The first-order chi connectivity index (χ1) is 9.65. The van der Waals surface area contributed by atoms with Gasteiger partial charge in [-0.05, 0) is 0 Å². The number of sulfonamides is 1. The number of nitro groups is 1. The van der Waals surface area contributed by atoms with Crippen LogP contribution in [0.2, 0.25) is 5.15 Å². The minimum Gasteiger partial charge on any atom is -0.351 e. The Kier molecular flexibility index (Phi) is 5.58. The zero-order valence-corrected chi connectivity index (χ0v) is 12.8. The first kappa shape index (κ1) is 17.3. The molecule has 0 radical (unpaired) electrons. The van der Waals surface area contributed by atoms with Gasteiger partial charge in [0.1, 0.15) is 11.3 Å². The Hall–Kier alpha value is -1.78. The van der Waals surface area contributed by atoms with Crippen molar-refractivity contribution in [1.82, 2.24) is 14.6 Å². The van der Waals surface area contributed by atoms with Gasteiger partial charge in [-0.25, -0.2) is 17.7 Å². The number of aromatic nitrogens is 1. The van der Waals surface area contributed by atoms with E-state index in [1.165, 1.54) is 14.1 Å². The molecule has 1 heterocycles. The zero-order valence-electron chi connectivity index (χ0n) is 11.2.